The van der Waals surface area contributed by atoms with Gasteiger partial charge in [0.25, 0.3) is 0 Å². The molecule has 0 spiro atoms. The Hall–Kier alpha value is -2.27. The molecule has 5 nitrogen and oxygen atoms in total. The third-order valence-corrected chi connectivity index (χ3v) is 3.36. The van der Waals surface area contributed by atoms with E-state index in [0.29, 0.717) is 49.4 Å². The van der Waals surface area contributed by atoms with Crippen LogP contribution in [-0.2, 0) is 14.3 Å². The van der Waals surface area contributed by atoms with Crippen molar-refractivity contribution in [3.63, 3.8) is 0 Å². The van der Waals surface area contributed by atoms with Gasteiger partial charge in [-0.15, -0.1) is 0 Å². The Morgan fingerprint density at radius 1 is 1.39 bits per heavy atom. The average Bonchev–Trinajstić information content (AvgIpc) is 2.97. The summed E-state index contributed by atoms with van der Waals surface area (Å²) in [5, 5.41) is 1.05. The van der Waals surface area contributed by atoms with Crippen LogP contribution in [0.25, 0.3) is 16.0 Å². The van der Waals surface area contributed by atoms with Gasteiger partial charge >= 0.3 is 5.97 Å². The summed E-state index contributed by atoms with van der Waals surface area (Å²) in [6, 6.07) is 7.21. The fourth-order valence-electron chi connectivity index (χ4n) is 2.04. The van der Waals surface area contributed by atoms with Crippen LogP contribution in [0.5, 0.6) is 5.75 Å². The smallest absolute Gasteiger partial charge is 0.305 e. The Labute approximate surface area is 138 Å². The highest BCUT2D eigenvalue weighted by Crippen LogP contribution is 2.32. The summed E-state index contributed by atoms with van der Waals surface area (Å²) in [6.45, 7) is 2.52. The summed E-state index contributed by atoms with van der Waals surface area (Å²) >= 11 is 5.97. The van der Waals surface area contributed by atoms with E-state index in [9.17, 15) is 9.59 Å². The average molecular weight is 337 g/mol. The topological polar surface area (TPSA) is 65.7 Å². The molecule has 23 heavy (non-hydrogen) atoms. The lowest BCUT2D eigenvalue weighted by Crippen LogP contribution is -2.06. The molecule has 0 aliphatic heterocycles. The Kier molecular flexibility index (Phi) is 6.23. The maximum atomic E-state index is 11.3. The highest BCUT2D eigenvalue weighted by atomic mass is 35.5. The van der Waals surface area contributed by atoms with Gasteiger partial charge in [0, 0.05) is 17.9 Å². The van der Waals surface area contributed by atoms with Gasteiger partial charge in [-0.1, -0.05) is 23.7 Å². The maximum absolute atomic E-state index is 11.3. The maximum Gasteiger partial charge on any atom is 0.305 e. The van der Waals surface area contributed by atoms with Crippen molar-refractivity contribution >= 4 is 39.9 Å². The minimum Gasteiger partial charge on any atom is -0.490 e. The second kappa shape index (κ2) is 8.39. The highest BCUT2D eigenvalue weighted by molar-refractivity contribution is 6.49. The standard InChI is InChI=1S/C17H17ClO5/c1-2-21-16(20)7-4-10-22-14-6-3-5-12-11-15(23-17(12)14)13(18)8-9-19/h3,5-6,8-9,11H,2,4,7,10H2,1H3/b13-8-. The lowest BCUT2D eigenvalue weighted by molar-refractivity contribution is -0.143. The van der Waals surface area contributed by atoms with Crippen LogP contribution in [0.1, 0.15) is 25.5 Å². The van der Waals surface area contributed by atoms with Gasteiger partial charge < -0.3 is 13.9 Å². The lowest BCUT2D eigenvalue weighted by atomic mass is 10.2. The van der Waals surface area contributed by atoms with Crippen molar-refractivity contribution in [2.45, 2.75) is 19.8 Å². The quantitative estimate of drug-likeness (QED) is 0.316. The van der Waals surface area contributed by atoms with Crippen LogP contribution in [0, 0.1) is 0 Å². The number of fused-ring (bicyclic) bond motifs is 1. The monoisotopic (exact) mass is 336 g/mol. The van der Waals surface area contributed by atoms with Gasteiger partial charge in [-0.3, -0.25) is 9.59 Å². The van der Waals surface area contributed by atoms with Crippen molar-refractivity contribution in [1.29, 1.82) is 0 Å². The Balaban J connectivity index is 2.05. The van der Waals surface area contributed by atoms with Crippen molar-refractivity contribution in [2.75, 3.05) is 13.2 Å². The minimum absolute atomic E-state index is 0.226. The predicted molar refractivity (Wildman–Crippen MR) is 87.5 cm³/mol. The number of carbonyl (C=O) groups excluding carboxylic acids is 2. The fraction of sp³-hybridized carbons (Fsp3) is 0.294. The van der Waals surface area contributed by atoms with Crippen LogP contribution in [0.4, 0.5) is 0 Å². The molecule has 6 heteroatoms. The van der Waals surface area contributed by atoms with E-state index in [1.165, 1.54) is 6.08 Å². The molecule has 2 aromatic rings. The number of ether oxygens (including phenoxy) is 2. The van der Waals surface area contributed by atoms with Gasteiger partial charge in [0.1, 0.15) is 12.0 Å². The van der Waals surface area contributed by atoms with Crippen LogP contribution in [0.2, 0.25) is 0 Å². The summed E-state index contributed by atoms with van der Waals surface area (Å²) in [5.41, 5.74) is 0.552. The van der Waals surface area contributed by atoms with E-state index in [0.717, 1.165) is 5.39 Å². The molecule has 0 saturated carbocycles. The molecule has 1 heterocycles. The van der Waals surface area contributed by atoms with Gasteiger partial charge in [-0.05, 0) is 25.5 Å². The van der Waals surface area contributed by atoms with Gasteiger partial charge in [-0.2, -0.15) is 0 Å². The second-order valence-corrected chi connectivity index (χ2v) is 5.10. The molecule has 0 bridgehead atoms. The number of aldehydes is 1. The summed E-state index contributed by atoms with van der Waals surface area (Å²) in [6.07, 6.45) is 2.68. The first-order valence-corrected chi connectivity index (χ1v) is 7.65. The zero-order valence-electron chi connectivity index (χ0n) is 12.7. The first-order valence-electron chi connectivity index (χ1n) is 7.28. The Morgan fingerprint density at radius 3 is 2.96 bits per heavy atom. The van der Waals surface area contributed by atoms with Crippen molar-refractivity contribution in [1.82, 2.24) is 0 Å². The van der Waals surface area contributed by atoms with Crippen LogP contribution < -0.4 is 4.74 Å². The van der Waals surface area contributed by atoms with Crippen LogP contribution in [-0.4, -0.2) is 25.5 Å². The molecule has 0 saturated heterocycles. The number of esters is 1. The molecule has 0 aliphatic rings. The number of carbonyl (C=O) groups is 2. The molecular weight excluding hydrogens is 320 g/mol. The third kappa shape index (κ3) is 4.60. The number of benzene rings is 1. The number of halogens is 1. The van der Waals surface area contributed by atoms with E-state index in [-0.39, 0.29) is 11.0 Å². The van der Waals surface area contributed by atoms with Crippen LogP contribution in [0.3, 0.4) is 0 Å². The summed E-state index contributed by atoms with van der Waals surface area (Å²) in [4.78, 5) is 21.7. The zero-order chi connectivity index (χ0) is 16.7. The number of furan rings is 1. The van der Waals surface area contributed by atoms with E-state index in [1.54, 1.807) is 19.1 Å². The number of hydrogen-bond donors (Lipinski definition) is 0. The summed E-state index contributed by atoms with van der Waals surface area (Å²) in [7, 11) is 0. The first-order chi connectivity index (χ1) is 11.2. The van der Waals surface area contributed by atoms with Crippen molar-refractivity contribution in [3.05, 3.63) is 36.1 Å². The van der Waals surface area contributed by atoms with E-state index >= 15 is 0 Å². The predicted octanol–water partition coefficient (Wildman–Crippen LogP) is 3.93. The molecule has 1 aromatic heterocycles. The van der Waals surface area contributed by atoms with Gasteiger partial charge in [0.2, 0.25) is 0 Å². The molecule has 0 atom stereocenters. The molecule has 0 unspecified atom stereocenters. The number of allylic oxidation sites excluding steroid dienone is 1. The third-order valence-electron chi connectivity index (χ3n) is 3.05. The molecule has 1 aromatic carbocycles. The largest absolute Gasteiger partial charge is 0.490 e. The lowest BCUT2D eigenvalue weighted by Gasteiger charge is -2.06. The molecule has 0 aliphatic carbocycles. The first kappa shape index (κ1) is 17.1. The normalized spacial score (nSPS) is 11.5. The molecule has 0 fully saturated rings. The van der Waals surface area contributed by atoms with Gasteiger partial charge in [-0.25, -0.2) is 0 Å². The second-order valence-electron chi connectivity index (χ2n) is 4.69. The number of hydrogen-bond acceptors (Lipinski definition) is 5. The molecule has 2 rings (SSSR count). The van der Waals surface area contributed by atoms with Crippen molar-refractivity contribution < 1.29 is 23.5 Å². The van der Waals surface area contributed by atoms with Crippen LogP contribution >= 0.6 is 11.6 Å². The SMILES string of the molecule is CCOC(=O)CCCOc1cccc2cc(/C(Cl)=C/C=O)oc12. The summed E-state index contributed by atoms with van der Waals surface area (Å²) in [5.74, 6) is 0.727. The van der Waals surface area contributed by atoms with E-state index < -0.39 is 0 Å². The zero-order valence-corrected chi connectivity index (χ0v) is 13.5. The van der Waals surface area contributed by atoms with Crippen LogP contribution in [0.15, 0.2) is 34.8 Å². The Bertz CT molecular complexity index is 717. The molecule has 0 radical (unpaired) electrons. The molecular formula is C17H17ClO5. The number of rotatable bonds is 8. The van der Waals surface area contributed by atoms with Gasteiger partial charge in [0.15, 0.2) is 11.3 Å². The van der Waals surface area contributed by atoms with Gasteiger partial charge in [0.05, 0.1) is 18.2 Å². The van der Waals surface area contributed by atoms with E-state index in [1.807, 2.05) is 12.1 Å². The highest BCUT2D eigenvalue weighted by Gasteiger charge is 2.11. The molecule has 0 N–H and O–H groups in total. The van der Waals surface area contributed by atoms with E-state index in [2.05, 4.69) is 0 Å². The summed E-state index contributed by atoms with van der Waals surface area (Å²) < 4.78 is 16.2. The fourth-order valence-corrected chi connectivity index (χ4v) is 2.19. The molecule has 0 amide bonds. The number of para-hydroxylation sites is 1. The van der Waals surface area contributed by atoms with Crippen molar-refractivity contribution in [2.24, 2.45) is 0 Å². The minimum atomic E-state index is -0.236. The van der Waals surface area contributed by atoms with Crippen molar-refractivity contribution in [3.8, 4) is 5.75 Å². The van der Waals surface area contributed by atoms with E-state index in [4.69, 9.17) is 25.5 Å². The Morgan fingerprint density at radius 2 is 2.22 bits per heavy atom. The molecule has 122 valence electrons.